The van der Waals surface area contributed by atoms with Gasteiger partial charge in [0.25, 0.3) is 5.95 Å². The molecule has 0 aliphatic rings. The van der Waals surface area contributed by atoms with E-state index in [9.17, 15) is 0 Å². The van der Waals surface area contributed by atoms with E-state index < -0.39 is 0 Å². The van der Waals surface area contributed by atoms with Gasteiger partial charge in [-0.25, -0.2) is 15.0 Å². The molecule has 0 saturated carbocycles. The highest BCUT2D eigenvalue weighted by Crippen LogP contribution is 2.07. The maximum absolute atomic E-state index is 5.72. The van der Waals surface area contributed by atoms with Crippen LogP contribution in [0.15, 0.2) is 24.8 Å². The summed E-state index contributed by atoms with van der Waals surface area (Å²) in [5, 5.41) is 4.01. The Kier molecular flexibility index (Phi) is 2.19. The van der Waals surface area contributed by atoms with Gasteiger partial charge >= 0.3 is 0 Å². The number of hydrogen-bond donors (Lipinski definition) is 1. The second-order valence-corrected chi connectivity index (χ2v) is 2.87. The molecular weight excluding hydrogens is 180 g/mol. The minimum atomic E-state index is -0.193. The molecule has 0 amide bonds. The van der Waals surface area contributed by atoms with E-state index >= 15 is 0 Å². The third kappa shape index (κ3) is 1.47. The van der Waals surface area contributed by atoms with Crippen molar-refractivity contribution < 1.29 is 0 Å². The number of rotatable bonds is 2. The number of nitrogens with zero attached hydrogens (tertiary/aromatic N) is 5. The standard InChI is InChI=1S/C8H10N6/c1-6(9)7-12-5-13-14(7)8-10-3-2-4-11-8/h2-6H,9H2,1H3. The summed E-state index contributed by atoms with van der Waals surface area (Å²) in [6, 6.07) is 1.55. The van der Waals surface area contributed by atoms with E-state index in [1.54, 1.807) is 18.5 Å². The maximum atomic E-state index is 5.72. The molecule has 6 heteroatoms. The highest BCUT2D eigenvalue weighted by molar-refractivity contribution is 5.11. The zero-order valence-corrected chi connectivity index (χ0v) is 7.70. The van der Waals surface area contributed by atoms with Crippen LogP contribution >= 0.6 is 0 Å². The molecular formula is C8H10N6. The Bertz CT molecular complexity index is 407. The monoisotopic (exact) mass is 190 g/mol. The Morgan fingerprint density at radius 3 is 2.64 bits per heavy atom. The van der Waals surface area contributed by atoms with Crippen LogP contribution in [0.4, 0.5) is 0 Å². The largest absolute Gasteiger partial charge is 0.322 e. The van der Waals surface area contributed by atoms with E-state index in [2.05, 4.69) is 20.1 Å². The van der Waals surface area contributed by atoms with Crippen LogP contribution in [0.1, 0.15) is 18.8 Å². The summed E-state index contributed by atoms with van der Waals surface area (Å²) in [5.41, 5.74) is 5.72. The normalized spacial score (nSPS) is 12.7. The predicted octanol–water partition coefficient (Wildman–Crippen LogP) is 0.0770. The van der Waals surface area contributed by atoms with Gasteiger partial charge in [-0.1, -0.05) is 0 Å². The van der Waals surface area contributed by atoms with Gasteiger partial charge in [-0.3, -0.25) is 0 Å². The Hall–Kier alpha value is -1.82. The van der Waals surface area contributed by atoms with Crippen molar-refractivity contribution in [3.05, 3.63) is 30.6 Å². The summed E-state index contributed by atoms with van der Waals surface area (Å²) in [6.45, 7) is 1.84. The summed E-state index contributed by atoms with van der Waals surface area (Å²) in [5.74, 6) is 1.13. The van der Waals surface area contributed by atoms with Crippen molar-refractivity contribution in [1.82, 2.24) is 24.7 Å². The zero-order chi connectivity index (χ0) is 9.97. The molecule has 1 unspecified atom stereocenters. The molecule has 0 aromatic carbocycles. The van der Waals surface area contributed by atoms with Gasteiger partial charge in [-0.05, 0) is 13.0 Å². The van der Waals surface area contributed by atoms with Crippen molar-refractivity contribution >= 4 is 0 Å². The average molecular weight is 190 g/mol. The molecule has 2 rings (SSSR count). The smallest absolute Gasteiger partial charge is 0.252 e. The van der Waals surface area contributed by atoms with Crippen LogP contribution in [0.5, 0.6) is 0 Å². The summed E-state index contributed by atoms with van der Waals surface area (Å²) in [4.78, 5) is 12.2. The first kappa shape index (κ1) is 8.76. The predicted molar refractivity (Wildman–Crippen MR) is 49.6 cm³/mol. The fourth-order valence-electron chi connectivity index (χ4n) is 1.12. The molecule has 2 N–H and O–H groups in total. The van der Waals surface area contributed by atoms with Gasteiger partial charge in [0.05, 0.1) is 6.04 Å². The van der Waals surface area contributed by atoms with Gasteiger partial charge in [0, 0.05) is 12.4 Å². The second kappa shape index (κ2) is 3.51. The average Bonchev–Trinajstić information content (AvgIpc) is 2.67. The van der Waals surface area contributed by atoms with Crippen LogP contribution in [-0.4, -0.2) is 24.7 Å². The van der Waals surface area contributed by atoms with Gasteiger partial charge in [0.2, 0.25) is 0 Å². The molecule has 14 heavy (non-hydrogen) atoms. The Morgan fingerprint density at radius 2 is 2.00 bits per heavy atom. The summed E-state index contributed by atoms with van der Waals surface area (Å²) >= 11 is 0. The topological polar surface area (TPSA) is 82.5 Å². The molecule has 2 aromatic rings. The van der Waals surface area contributed by atoms with E-state index in [1.165, 1.54) is 11.0 Å². The highest BCUT2D eigenvalue weighted by Gasteiger charge is 2.11. The second-order valence-electron chi connectivity index (χ2n) is 2.87. The van der Waals surface area contributed by atoms with Crippen LogP contribution < -0.4 is 5.73 Å². The minimum Gasteiger partial charge on any atom is -0.322 e. The number of nitrogens with two attached hydrogens (primary N) is 1. The first-order chi connectivity index (χ1) is 6.79. The molecule has 0 fully saturated rings. The lowest BCUT2D eigenvalue weighted by molar-refractivity contribution is 0.669. The first-order valence-electron chi connectivity index (χ1n) is 4.22. The Morgan fingerprint density at radius 1 is 1.29 bits per heavy atom. The molecule has 72 valence electrons. The van der Waals surface area contributed by atoms with Gasteiger partial charge in [-0.15, -0.1) is 0 Å². The molecule has 0 radical (unpaired) electrons. The van der Waals surface area contributed by atoms with Crippen molar-refractivity contribution in [3.63, 3.8) is 0 Å². The lowest BCUT2D eigenvalue weighted by Gasteiger charge is -2.05. The van der Waals surface area contributed by atoms with Crippen LogP contribution in [-0.2, 0) is 0 Å². The molecule has 0 saturated heterocycles. The lowest BCUT2D eigenvalue weighted by atomic mass is 10.3. The van der Waals surface area contributed by atoms with Gasteiger partial charge in [0.1, 0.15) is 6.33 Å². The van der Waals surface area contributed by atoms with Crippen molar-refractivity contribution in [2.45, 2.75) is 13.0 Å². The molecule has 6 nitrogen and oxygen atoms in total. The molecule has 0 aliphatic carbocycles. The summed E-state index contributed by atoms with van der Waals surface area (Å²) in [6.07, 6.45) is 4.74. The summed E-state index contributed by atoms with van der Waals surface area (Å²) in [7, 11) is 0. The van der Waals surface area contributed by atoms with Crippen molar-refractivity contribution in [1.29, 1.82) is 0 Å². The molecule has 2 aromatic heterocycles. The SMILES string of the molecule is CC(N)c1ncnn1-c1ncccn1. The van der Waals surface area contributed by atoms with Crippen LogP contribution in [0.2, 0.25) is 0 Å². The quantitative estimate of drug-likeness (QED) is 0.725. The molecule has 0 bridgehead atoms. The fraction of sp³-hybridized carbons (Fsp3) is 0.250. The van der Waals surface area contributed by atoms with E-state index in [0.717, 1.165) is 0 Å². The van der Waals surface area contributed by atoms with Gasteiger partial charge in [0.15, 0.2) is 5.82 Å². The Balaban J connectivity index is 2.47. The number of aromatic nitrogens is 5. The summed E-state index contributed by atoms with van der Waals surface area (Å²) < 4.78 is 1.53. The van der Waals surface area contributed by atoms with E-state index in [1.807, 2.05) is 6.92 Å². The first-order valence-corrected chi connectivity index (χ1v) is 4.22. The van der Waals surface area contributed by atoms with Crippen LogP contribution in [0.25, 0.3) is 5.95 Å². The molecule has 0 aliphatic heterocycles. The molecule has 2 heterocycles. The van der Waals surface area contributed by atoms with Gasteiger partial charge in [-0.2, -0.15) is 9.78 Å². The minimum absolute atomic E-state index is 0.193. The highest BCUT2D eigenvalue weighted by atomic mass is 15.4. The van der Waals surface area contributed by atoms with Gasteiger partial charge < -0.3 is 5.73 Å². The van der Waals surface area contributed by atoms with Crippen molar-refractivity contribution in [2.75, 3.05) is 0 Å². The fourth-order valence-corrected chi connectivity index (χ4v) is 1.12. The number of hydrogen-bond acceptors (Lipinski definition) is 5. The molecule has 1 atom stereocenters. The lowest BCUT2D eigenvalue weighted by Crippen LogP contribution is -2.14. The van der Waals surface area contributed by atoms with Crippen molar-refractivity contribution in [2.24, 2.45) is 5.73 Å². The third-order valence-corrected chi connectivity index (χ3v) is 1.72. The van der Waals surface area contributed by atoms with Crippen molar-refractivity contribution in [3.8, 4) is 5.95 Å². The Labute approximate surface area is 80.8 Å². The van der Waals surface area contributed by atoms with Crippen LogP contribution in [0, 0.1) is 0 Å². The third-order valence-electron chi connectivity index (χ3n) is 1.72. The van der Waals surface area contributed by atoms with Crippen LogP contribution in [0.3, 0.4) is 0 Å². The zero-order valence-electron chi connectivity index (χ0n) is 7.70. The van der Waals surface area contributed by atoms with E-state index in [-0.39, 0.29) is 6.04 Å². The maximum Gasteiger partial charge on any atom is 0.252 e. The van der Waals surface area contributed by atoms with E-state index in [0.29, 0.717) is 11.8 Å². The van der Waals surface area contributed by atoms with E-state index in [4.69, 9.17) is 5.73 Å². The molecule has 0 spiro atoms.